The lowest BCUT2D eigenvalue weighted by Crippen LogP contribution is -2.45. The molecule has 1 aromatic carbocycles. The van der Waals surface area contributed by atoms with E-state index in [9.17, 15) is 19.2 Å². The molecule has 0 aliphatic carbocycles. The van der Waals surface area contributed by atoms with E-state index in [1.165, 1.54) is 0 Å². The van der Waals surface area contributed by atoms with Crippen molar-refractivity contribution >= 4 is 45.3 Å². The van der Waals surface area contributed by atoms with E-state index in [2.05, 4.69) is 26.6 Å². The highest BCUT2D eigenvalue weighted by Crippen LogP contribution is 2.24. The monoisotopic (exact) mass is 481 g/mol. The molecule has 2 rings (SSSR count). The topological polar surface area (TPSA) is 105 Å². The Kier molecular flexibility index (Phi) is 8.40. The molecule has 1 heterocycles. The van der Waals surface area contributed by atoms with Gasteiger partial charge in [-0.15, -0.1) is 0 Å². The maximum Gasteiger partial charge on any atom is 0.309 e. The number of ether oxygens (including phenoxy) is 1. The van der Waals surface area contributed by atoms with Gasteiger partial charge in [0.05, 0.1) is 18.2 Å². The fourth-order valence-electron chi connectivity index (χ4n) is 3.03. The van der Waals surface area contributed by atoms with Gasteiger partial charge in [-0.2, -0.15) is 0 Å². The van der Waals surface area contributed by atoms with Crippen LogP contribution in [-0.2, 0) is 23.9 Å². The molecule has 1 fully saturated rings. The third kappa shape index (κ3) is 7.12. The fourth-order valence-corrected chi connectivity index (χ4v) is 3.42. The number of benzene rings is 1. The predicted molar refractivity (Wildman–Crippen MR) is 115 cm³/mol. The molecule has 0 bridgehead atoms. The molecule has 30 heavy (non-hydrogen) atoms. The lowest BCUT2D eigenvalue weighted by molar-refractivity contribution is -0.155. The molecular weight excluding hydrogens is 454 g/mol. The van der Waals surface area contributed by atoms with Gasteiger partial charge in [-0.1, -0.05) is 32.9 Å². The number of halogens is 1. The van der Waals surface area contributed by atoms with Crippen LogP contribution in [0.5, 0.6) is 0 Å². The van der Waals surface area contributed by atoms with E-state index in [0.717, 1.165) is 4.47 Å². The first-order valence-electron chi connectivity index (χ1n) is 9.85. The largest absolute Gasteiger partial charge is 0.455 e. The molecule has 0 radical (unpaired) electrons. The molecule has 1 aliphatic heterocycles. The molecule has 3 amide bonds. The molecule has 2 N–H and O–H groups in total. The molecule has 0 saturated carbocycles. The number of anilines is 1. The first-order chi connectivity index (χ1) is 14.1. The number of rotatable bonds is 6. The normalized spacial score (nSPS) is 14.7. The Hall–Kier alpha value is -2.42. The van der Waals surface area contributed by atoms with Crippen molar-refractivity contribution in [2.75, 3.05) is 31.6 Å². The Morgan fingerprint density at radius 2 is 1.73 bits per heavy atom. The molecular formula is C21H28BrN3O5. The van der Waals surface area contributed by atoms with Crippen LogP contribution in [0, 0.1) is 11.3 Å². The van der Waals surface area contributed by atoms with Crippen LogP contribution in [0.1, 0.15) is 33.6 Å². The standard InChI is InChI=1S/C21H28BrN3O5/c1-21(2,3)20(29)25-10-8-14(9-11-25)19(28)30-13-18(27)23-12-17(26)24-16-7-5-4-6-15(16)22/h4-7,14H,8-13H2,1-3H3,(H,23,27)(H,24,26). The average molecular weight is 482 g/mol. The summed E-state index contributed by atoms with van der Waals surface area (Å²) in [5.74, 6) is -1.66. The Morgan fingerprint density at radius 1 is 1.10 bits per heavy atom. The highest BCUT2D eigenvalue weighted by atomic mass is 79.9. The van der Waals surface area contributed by atoms with Gasteiger partial charge in [0.25, 0.3) is 5.91 Å². The second-order valence-electron chi connectivity index (χ2n) is 8.23. The summed E-state index contributed by atoms with van der Waals surface area (Å²) in [6.45, 7) is 5.93. The predicted octanol–water partition coefficient (Wildman–Crippen LogP) is 2.33. The fraction of sp³-hybridized carbons (Fsp3) is 0.524. The number of nitrogens with one attached hydrogen (secondary N) is 2. The number of carbonyl (C=O) groups excluding carboxylic acids is 4. The Balaban J connectivity index is 1.67. The van der Waals surface area contributed by atoms with E-state index in [0.29, 0.717) is 31.6 Å². The van der Waals surface area contributed by atoms with Crippen LogP contribution >= 0.6 is 15.9 Å². The van der Waals surface area contributed by atoms with Crippen LogP contribution in [0.3, 0.4) is 0 Å². The van der Waals surface area contributed by atoms with Crippen molar-refractivity contribution in [1.82, 2.24) is 10.2 Å². The van der Waals surface area contributed by atoms with Crippen LogP contribution in [0.15, 0.2) is 28.7 Å². The summed E-state index contributed by atoms with van der Waals surface area (Å²) >= 11 is 3.32. The summed E-state index contributed by atoms with van der Waals surface area (Å²) in [5.41, 5.74) is 0.147. The maximum atomic E-state index is 12.3. The van der Waals surface area contributed by atoms with Gasteiger partial charge in [0.2, 0.25) is 11.8 Å². The van der Waals surface area contributed by atoms with E-state index in [-0.39, 0.29) is 18.4 Å². The first kappa shape index (κ1) is 23.9. The van der Waals surface area contributed by atoms with E-state index in [4.69, 9.17) is 4.74 Å². The minimum absolute atomic E-state index is 0.0644. The van der Waals surface area contributed by atoms with Crippen LogP contribution < -0.4 is 10.6 Å². The van der Waals surface area contributed by atoms with Crippen molar-refractivity contribution in [1.29, 1.82) is 0 Å². The molecule has 0 aromatic heterocycles. The highest BCUT2D eigenvalue weighted by Gasteiger charge is 2.33. The maximum absolute atomic E-state index is 12.3. The second kappa shape index (κ2) is 10.6. The van der Waals surface area contributed by atoms with Gasteiger partial charge in [0.1, 0.15) is 0 Å². The zero-order valence-corrected chi connectivity index (χ0v) is 19.1. The van der Waals surface area contributed by atoms with Gasteiger partial charge in [0, 0.05) is 23.0 Å². The second-order valence-corrected chi connectivity index (χ2v) is 9.08. The van der Waals surface area contributed by atoms with E-state index >= 15 is 0 Å². The third-order valence-electron chi connectivity index (χ3n) is 4.70. The van der Waals surface area contributed by atoms with Crippen molar-refractivity contribution in [2.45, 2.75) is 33.6 Å². The molecule has 0 atom stereocenters. The molecule has 164 valence electrons. The van der Waals surface area contributed by atoms with E-state index in [1.54, 1.807) is 23.1 Å². The Morgan fingerprint density at radius 3 is 2.33 bits per heavy atom. The highest BCUT2D eigenvalue weighted by molar-refractivity contribution is 9.10. The average Bonchev–Trinajstić information content (AvgIpc) is 2.71. The smallest absolute Gasteiger partial charge is 0.309 e. The van der Waals surface area contributed by atoms with Crippen molar-refractivity contribution in [3.63, 3.8) is 0 Å². The zero-order valence-electron chi connectivity index (χ0n) is 17.5. The van der Waals surface area contributed by atoms with Gasteiger partial charge >= 0.3 is 5.97 Å². The summed E-state index contributed by atoms with van der Waals surface area (Å²) in [6, 6.07) is 7.12. The summed E-state index contributed by atoms with van der Waals surface area (Å²) in [7, 11) is 0. The SMILES string of the molecule is CC(C)(C)C(=O)N1CCC(C(=O)OCC(=O)NCC(=O)Nc2ccccc2Br)CC1. The number of esters is 1. The minimum Gasteiger partial charge on any atom is -0.455 e. The number of amides is 3. The number of hydrogen-bond acceptors (Lipinski definition) is 5. The van der Waals surface area contributed by atoms with Gasteiger partial charge in [0.15, 0.2) is 6.61 Å². The zero-order chi connectivity index (χ0) is 22.3. The number of piperidine rings is 1. The molecule has 0 unspecified atom stereocenters. The lowest BCUT2D eigenvalue weighted by Gasteiger charge is -2.34. The lowest BCUT2D eigenvalue weighted by atomic mass is 9.91. The van der Waals surface area contributed by atoms with Gasteiger partial charge in [-0.3, -0.25) is 19.2 Å². The number of nitrogens with zero attached hydrogens (tertiary/aromatic N) is 1. The first-order valence-corrected chi connectivity index (χ1v) is 10.6. The van der Waals surface area contributed by atoms with Crippen LogP contribution in [0.4, 0.5) is 5.69 Å². The minimum atomic E-state index is -0.550. The van der Waals surface area contributed by atoms with Crippen molar-refractivity contribution < 1.29 is 23.9 Å². The summed E-state index contributed by atoms with van der Waals surface area (Å²) in [4.78, 5) is 50.1. The van der Waals surface area contributed by atoms with Crippen LogP contribution in [0.2, 0.25) is 0 Å². The summed E-state index contributed by atoms with van der Waals surface area (Å²) in [5, 5.41) is 5.09. The van der Waals surface area contributed by atoms with Crippen molar-refractivity contribution in [2.24, 2.45) is 11.3 Å². The molecule has 1 aromatic rings. The van der Waals surface area contributed by atoms with Crippen molar-refractivity contribution in [3.8, 4) is 0 Å². The molecule has 1 saturated heterocycles. The van der Waals surface area contributed by atoms with Crippen LogP contribution in [0.25, 0.3) is 0 Å². The van der Waals surface area contributed by atoms with Crippen molar-refractivity contribution in [3.05, 3.63) is 28.7 Å². The van der Waals surface area contributed by atoms with Gasteiger partial charge in [-0.25, -0.2) is 0 Å². The van der Waals surface area contributed by atoms with E-state index in [1.807, 2.05) is 26.8 Å². The number of likely N-dealkylation sites (tertiary alicyclic amines) is 1. The Bertz CT molecular complexity index is 798. The summed E-state index contributed by atoms with van der Waals surface area (Å²) < 4.78 is 5.81. The third-order valence-corrected chi connectivity index (χ3v) is 5.39. The van der Waals surface area contributed by atoms with Crippen LogP contribution in [-0.4, -0.2) is 54.8 Å². The quantitative estimate of drug-likeness (QED) is 0.606. The molecule has 8 nitrogen and oxygen atoms in total. The molecule has 1 aliphatic rings. The summed E-state index contributed by atoms with van der Waals surface area (Å²) in [6.07, 6.45) is 1.02. The Labute approximate surface area is 184 Å². The molecule has 9 heteroatoms. The van der Waals surface area contributed by atoms with Gasteiger partial charge < -0.3 is 20.3 Å². The number of para-hydroxylation sites is 1. The molecule has 0 spiro atoms. The van der Waals surface area contributed by atoms with E-state index < -0.39 is 29.8 Å². The number of hydrogen-bond donors (Lipinski definition) is 2. The van der Waals surface area contributed by atoms with Gasteiger partial charge in [-0.05, 0) is 40.9 Å². The number of carbonyl (C=O) groups is 4.